The van der Waals surface area contributed by atoms with Crippen LogP contribution in [0.3, 0.4) is 0 Å². The number of nitrogens with one attached hydrogen (secondary N) is 2. The fourth-order valence-electron chi connectivity index (χ4n) is 1.36. The lowest BCUT2D eigenvalue weighted by Crippen LogP contribution is -2.43. The van der Waals surface area contributed by atoms with Crippen molar-refractivity contribution in [1.82, 2.24) is 10.6 Å². The molecule has 1 atom stereocenters. The highest BCUT2D eigenvalue weighted by atomic mass is 35.5. The lowest BCUT2D eigenvalue weighted by atomic mass is 10.3. The Bertz CT molecular complexity index is 368. The van der Waals surface area contributed by atoms with Gasteiger partial charge in [-0.15, -0.1) is 0 Å². The number of halogens is 1. The standard InChI is InChI=1S/C13H19ClN2O2/c1-3-4-9-15-13(17)16-10(2)18-12-7-5-11(14)6-8-12/h5-8,10H,3-4,9H2,1-2H3,(H2,15,16,17). The molecule has 0 fully saturated rings. The SMILES string of the molecule is CCCCNC(=O)NC(C)Oc1ccc(Cl)cc1. The number of ether oxygens (including phenoxy) is 1. The second-order valence-electron chi connectivity index (χ2n) is 3.97. The third kappa shape index (κ3) is 5.77. The Morgan fingerprint density at radius 2 is 2.06 bits per heavy atom. The molecular formula is C13H19ClN2O2. The van der Waals surface area contributed by atoms with Crippen LogP contribution in [0.15, 0.2) is 24.3 Å². The second-order valence-corrected chi connectivity index (χ2v) is 4.40. The van der Waals surface area contributed by atoms with Gasteiger partial charge >= 0.3 is 6.03 Å². The fourth-order valence-corrected chi connectivity index (χ4v) is 1.49. The van der Waals surface area contributed by atoms with Crippen molar-refractivity contribution in [3.05, 3.63) is 29.3 Å². The maximum Gasteiger partial charge on any atom is 0.317 e. The van der Waals surface area contributed by atoms with Gasteiger partial charge in [-0.25, -0.2) is 4.79 Å². The van der Waals surface area contributed by atoms with E-state index in [1.807, 2.05) is 0 Å². The van der Waals surface area contributed by atoms with Crippen LogP contribution < -0.4 is 15.4 Å². The number of benzene rings is 1. The molecule has 100 valence electrons. The van der Waals surface area contributed by atoms with Crippen molar-refractivity contribution in [1.29, 1.82) is 0 Å². The van der Waals surface area contributed by atoms with Gasteiger partial charge in [-0.3, -0.25) is 0 Å². The highest BCUT2D eigenvalue weighted by Gasteiger charge is 2.07. The number of urea groups is 1. The van der Waals surface area contributed by atoms with Gasteiger partial charge < -0.3 is 15.4 Å². The van der Waals surface area contributed by atoms with Gasteiger partial charge in [0.1, 0.15) is 5.75 Å². The summed E-state index contributed by atoms with van der Waals surface area (Å²) >= 11 is 5.77. The molecule has 5 heteroatoms. The Morgan fingerprint density at radius 1 is 1.39 bits per heavy atom. The highest BCUT2D eigenvalue weighted by Crippen LogP contribution is 2.16. The Balaban J connectivity index is 2.30. The van der Waals surface area contributed by atoms with Gasteiger partial charge in [0.05, 0.1) is 0 Å². The average Bonchev–Trinajstić information content (AvgIpc) is 2.32. The van der Waals surface area contributed by atoms with Crippen molar-refractivity contribution in [2.45, 2.75) is 32.9 Å². The Morgan fingerprint density at radius 3 is 2.67 bits per heavy atom. The molecule has 18 heavy (non-hydrogen) atoms. The zero-order valence-corrected chi connectivity index (χ0v) is 11.5. The van der Waals surface area contributed by atoms with E-state index >= 15 is 0 Å². The van der Waals surface area contributed by atoms with E-state index in [-0.39, 0.29) is 6.03 Å². The van der Waals surface area contributed by atoms with Gasteiger partial charge in [-0.1, -0.05) is 24.9 Å². The molecular weight excluding hydrogens is 252 g/mol. The van der Waals surface area contributed by atoms with Gasteiger partial charge in [0, 0.05) is 11.6 Å². The van der Waals surface area contributed by atoms with Crippen molar-refractivity contribution in [2.24, 2.45) is 0 Å². The molecule has 1 rings (SSSR count). The number of amides is 2. The maximum atomic E-state index is 11.4. The lowest BCUT2D eigenvalue weighted by Gasteiger charge is -2.16. The minimum absolute atomic E-state index is 0.218. The highest BCUT2D eigenvalue weighted by molar-refractivity contribution is 6.30. The first-order valence-electron chi connectivity index (χ1n) is 6.08. The first-order valence-corrected chi connectivity index (χ1v) is 6.46. The molecule has 0 aliphatic heterocycles. The van der Waals surface area contributed by atoms with Crippen molar-refractivity contribution in [3.63, 3.8) is 0 Å². The summed E-state index contributed by atoms with van der Waals surface area (Å²) in [5.41, 5.74) is 0. The monoisotopic (exact) mass is 270 g/mol. The summed E-state index contributed by atoms with van der Waals surface area (Å²) in [4.78, 5) is 11.4. The third-order valence-electron chi connectivity index (χ3n) is 2.28. The number of carbonyl (C=O) groups is 1. The van der Waals surface area contributed by atoms with Crippen molar-refractivity contribution in [2.75, 3.05) is 6.54 Å². The van der Waals surface area contributed by atoms with Crippen molar-refractivity contribution < 1.29 is 9.53 Å². The van der Waals surface area contributed by atoms with Gasteiger partial charge in [0.25, 0.3) is 0 Å². The van der Waals surface area contributed by atoms with Crippen LogP contribution in [0.25, 0.3) is 0 Å². The summed E-state index contributed by atoms with van der Waals surface area (Å²) in [6, 6.07) is 6.78. The summed E-state index contributed by atoms with van der Waals surface area (Å²) in [5.74, 6) is 0.667. The van der Waals surface area contributed by atoms with E-state index in [0.717, 1.165) is 12.8 Å². The largest absolute Gasteiger partial charge is 0.471 e. The van der Waals surface area contributed by atoms with E-state index in [9.17, 15) is 4.79 Å². The zero-order valence-electron chi connectivity index (χ0n) is 10.7. The predicted molar refractivity (Wildman–Crippen MR) is 73.0 cm³/mol. The van der Waals surface area contributed by atoms with Crippen LogP contribution in [0, 0.1) is 0 Å². The van der Waals surface area contributed by atoms with E-state index in [4.69, 9.17) is 16.3 Å². The molecule has 0 radical (unpaired) electrons. The fraction of sp³-hybridized carbons (Fsp3) is 0.462. The number of rotatable bonds is 6. The lowest BCUT2D eigenvalue weighted by molar-refractivity contribution is 0.177. The molecule has 0 saturated heterocycles. The van der Waals surface area contributed by atoms with Crippen LogP contribution in [-0.4, -0.2) is 18.8 Å². The molecule has 4 nitrogen and oxygen atoms in total. The Hall–Kier alpha value is -1.42. The first kappa shape index (κ1) is 14.6. The van der Waals surface area contributed by atoms with Crippen LogP contribution in [0.4, 0.5) is 4.79 Å². The molecule has 0 spiro atoms. The van der Waals surface area contributed by atoms with Crippen LogP contribution >= 0.6 is 11.6 Å². The summed E-state index contributed by atoms with van der Waals surface area (Å²) in [6.45, 7) is 4.52. The molecule has 0 aliphatic carbocycles. The molecule has 0 heterocycles. The predicted octanol–water partition coefficient (Wildman–Crippen LogP) is 3.16. The molecule has 0 aliphatic rings. The van der Waals surface area contributed by atoms with E-state index < -0.39 is 6.23 Å². The smallest absolute Gasteiger partial charge is 0.317 e. The molecule has 2 N–H and O–H groups in total. The van der Waals surface area contributed by atoms with Crippen LogP contribution in [0.2, 0.25) is 5.02 Å². The number of unbranched alkanes of at least 4 members (excludes halogenated alkanes) is 1. The molecule has 1 unspecified atom stereocenters. The minimum Gasteiger partial charge on any atom is -0.471 e. The van der Waals surface area contributed by atoms with Crippen LogP contribution in [0.5, 0.6) is 5.75 Å². The van der Waals surface area contributed by atoms with E-state index in [0.29, 0.717) is 17.3 Å². The van der Waals surface area contributed by atoms with E-state index in [2.05, 4.69) is 17.6 Å². The number of carbonyl (C=O) groups excluding carboxylic acids is 1. The number of hydrogen-bond acceptors (Lipinski definition) is 2. The van der Waals surface area contributed by atoms with Crippen molar-refractivity contribution >= 4 is 17.6 Å². The molecule has 1 aromatic carbocycles. The molecule has 1 aromatic rings. The summed E-state index contributed by atoms with van der Waals surface area (Å²) < 4.78 is 5.52. The molecule has 0 saturated carbocycles. The maximum absolute atomic E-state index is 11.4. The molecule has 0 aromatic heterocycles. The van der Waals surface area contributed by atoms with E-state index in [1.54, 1.807) is 31.2 Å². The second kappa shape index (κ2) is 7.82. The molecule has 2 amide bonds. The van der Waals surface area contributed by atoms with Gasteiger partial charge in [-0.2, -0.15) is 0 Å². The van der Waals surface area contributed by atoms with E-state index in [1.165, 1.54) is 0 Å². The zero-order chi connectivity index (χ0) is 13.4. The summed E-state index contributed by atoms with van der Waals surface area (Å²) in [6.07, 6.45) is 1.63. The third-order valence-corrected chi connectivity index (χ3v) is 2.53. The summed E-state index contributed by atoms with van der Waals surface area (Å²) in [7, 11) is 0. The van der Waals surface area contributed by atoms with Gasteiger partial charge in [0.15, 0.2) is 6.23 Å². The normalized spacial score (nSPS) is 11.7. The van der Waals surface area contributed by atoms with Gasteiger partial charge in [0.2, 0.25) is 0 Å². The number of hydrogen-bond donors (Lipinski definition) is 2. The van der Waals surface area contributed by atoms with Crippen molar-refractivity contribution in [3.8, 4) is 5.75 Å². The summed E-state index contributed by atoms with van der Waals surface area (Å²) in [5, 5.41) is 6.11. The Kier molecular flexibility index (Phi) is 6.36. The van der Waals surface area contributed by atoms with Crippen LogP contribution in [-0.2, 0) is 0 Å². The quantitative estimate of drug-likeness (QED) is 0.616. The minimum atomic E-state index is -0.396. The van der Waals surface area contributed by atoms with Gasteiger partial charge in [-0.05, 0) is 37.6 Å². The first-order chi connectivity index (χ1) is 8.61. The Labute approximate surface area is 113 Å². The molecule has 0 bridgehead atoms. The topological polar surface area (TPSA) is 50.4 Å². The van der Waals surface area contributed by atoms with Crippen LogP contribution in [0.1, 0.15) is 26.7 Å². The average molecular weight is 271 g/mol.